The Morgan fingerprint density at radius 1 is 0.760 bits per heavy atom. The Labute approximate surface area is 145 Å². The van der Waals surface area contributed by atoms with Crippen LogP contribution in [0.1, 0.15) is 17.2 Å². The van der Waals surface area contributed by atoms with Crippen LogP contribution in [0, 0.1) is 5.95 Å². The molecule has 0 fully saturated rings. The Morgan fingerprint density at radius 2 is 1.40 bits per heavy atom. The zero-order valence-corrected chi connectivity index (χ0v) is 13.5. The Balaban J connectivity index is 1.77. The van der Waals surface area contributed by atoms with E-state index in [9.17, 15) is 4.39 Å². The minimum Gasteiger partial charge on any atom is -0.325 e. The summed E-state index contributed by atoms with van der Waals surface area (Å²) in [7, 11) is 0. The van der Waals surface area contributed by atoms with Crippen LogP contribution < -0.4 is 0 Å². The van der Waals surface area contributed by atoms with Crippen LogP contribution in [-0.2, 0) is 0 Å². The maximum absolute atomic E-state index is 13.0. The van der Waals surface area contributed by atoms with Crippen molar-refractivity contribution >= 4 is 0 Å². The number of imidazole rings is 1. The maximum Gasteiger partial charge on any atom is 0.212 e. The summed E-state index contributed by atoms with van der Waals surface area (Å²) in [4.78, 5) is 8.20. The number of hydrogen-bond donors (Lipinski definition) is 0. The summed E-state index contributed by atoms with van der Waals surface area (Å²) in [5.74, 6) is -0.491. The SMILES string of the molecule is Fc1ccc(-c2cn(C(c3ccccc3)c3ccccc3)cn2)cn1. The van der Waals surface area contributed by atoms with Gasteiger partial charge in [0.2, 0.25) is 5.95 Å². The van der Waals surface area contributed by atoms with Gasteiger partial charge < -0.3 is 4.57 Å². The van der Waals surface area contributed by atoms with E-state index >= 15 is 0 Å². The first-order chi connectivity index (χ1) is 12.3. The number of aromatic nitrogens is 3. The van der Waals surface area contributed by atoms with Crippen molar-refractivity contribution in [3.8, 4) is 11.3 Å². The average molecular weight is 329 g/mol. The molecule has 0 aliphatic heterocycles. The van der Waals surface area contributed by atoms with Crippen LogP contribution in [0.15, 0.2) is 91.5 Å². The fourth-order valence-electron chi connectivity index (χ4n) is 2.96. The van der Waals surface area contributed by atoms with Crippen LogP contribution >= 0.6 is 0 Å². The lowest BCUT2D eigenvalue weighted by Crippen LogP contribution is -2.10. The smallest absolute Gasteiger partial charge is 0.212 e. The number of halogens is 1. The fraction of sp³-hybridized carbons (Fsp3) is 0.0476. The quantitative estimate of drug-likeness (QED) is 0.507. The van der Waals surface area contributed by atoms with Crippen LogP contribution in [0.2, 0.25) is 0 Å². The highest BCUT2D eigenvalue weighted by Crippen LogP contribution is 2.28. The molecular formula is C21H16FN3. The molecule has 2 heterocycles. The van der Waals surface area contributed by atoms with E-state index in [1.807, 2.05) is 48.9 Å². The molecule has 0 saturated carbocycles. The van der Waals surface area contributed by atoms with Gasteiger partial charge >= 0.3 is 0 Å². The van der Waals surface area contributed by atoms with Crippen molar-refractivity contribution < 1.29 is 4.39 Å². The highest BCUT2D eigenvalue weighted by molar-refractivity contribution is 5.56. The third-order valence-corrected chi connectivity index (χ3v) is 4.15. The summed E-state index contributed by atoms with van der Waals surface area (Å²) in [6, 6.07) is 23.7. The van der Waals surface area contributed by atoms with Gasteiger partial charge in [0, 0.05) is 18.0 Å². The Hall–Kier alpha value is -3.27. The summed E-state index contributed by atoms with van der Waals surface area (Å²) in [5.41, 5.74) is 3.91. The predicted molar refractivity (Wildman–Crippen MR) is 95.5 cm³/mol. The Morgan fingerprint density at radius 3 is 1.96 bits per heavy atom. The average Bonchev–Trinajstić information content (AvgIpc) is 3.14. The van der Waals surface area contributed by atoms with Crippen LogP contribution in [0.3, 0.4) is 0 Å². The molecule has 0 aliphatic carbocycles. The summed E-state index contributed by atoms with van der Waals surface area (Å²) < 4.78 is 15.1. The van der Waals surface area contributed by atoms with E-state index in [4.69, 9.17) is 0 Å². The van der Waals surface area contributed by atoms with Crippen molar-refractivity contribution in [3.63, 3.8) is 0 Å². The van der Waals surface area contributed by atoms with E-state index in [1.54, 1.807) is 6.07 Å². The number of nitrogens with zero attached hydrogens (tertiary/aromatic N) is 3. The third-order valence-electron chi connectivity index (χ3n) is 4.15. The lowest BCUT2D eigenvalue weighted by Gasteiger charge is -2.19. The zero-order chi connectivity index (χ0) is 17.1. The second kappa shape index (κ2) is 6.69. The van der Waals surface area contributed by atoms with Crippen molar-refractivity contribution in [2.75, 3.05) is 0 Å². The molecule has 4 heteroatoms. The largest absolute Gasteiger partial charge is 0.325 e. The molecule has 0 radical (unpaired) electrons. The summed E-state index contributed by atoms with van der Waals surface area (Å²) >= 11 is 0. The lowest BCUT2D eigenvalue weighted by molar-refractivity contribution is 0.584. The molecule has 0 unspecified atom stereocenters. The molecule has 2 aromatic carbocycles. The minimum absolute atomic E-state index is 0.0251. The molecule has 4 aromatic rings. The lowest BCUT2D eigenvalue weighted by atomic mass is 9.98. The molecule has 0 atom stereocenters. The highest BCUT2D eigenvalue weighted by atomic mass is 19.1. The molecule has 0 aliphatic rings. The number of benzene rings is 2. The zero-order valence-electron chi connectivity index (χ0n) is 13.5. The van der Waals surface area contributed by atoms with Crippen LogP contribution in [0.4, 0.5) is 4.39 Å². The van der Waals surface area contributed by atoms with Gasteiger partial charge in [-0.3, -0.25) is 0 Å². The molecule has 2 aromatic heterocycles. The molecule has 122 valence electrons. The monoisotopic (exact) mass is 329 g/mol. The number of pyridine rings is 1. The van der Waals surface area contributed by atoms with Crippen molar-refractivity contribution in [2.24, 2.45) is 0 Å². The first kappa shape index (κ1) is 15.3. The molecular weight excluding hydrogens is 313 g/mol. The van der Waals surface area contributed by atoms with E-state index in [-0.39, 0.29) is 6.04 Å². The fourth-order valence-corrected chi connectivity index (χ4v) is 2.96. The Bertz CT molecular complexity index is 908. The van der Waals surface area contributed by atoms with Gasteiger partial charge in [0.15, 0.2) is 0 Å². The summed E-state index contributed by atoms with van der Waals surface area (Å²) in [6.45, 7) is 0. The molecule has 0 amide bonds. The summed E-state index contributed by atoms with van der Waals surface area (Å²) in [6.07, 6.45) is 5.28. The van der Waals surface area contributed by atoms with Gasteiger partial charge in [-0.05, 0) is 23.3 Å². The Kier molecular flexibility index (Phi) is 4.09. The molecule has 0 saturated heterocycles. The van der Waals surface area contributed by atoms with Crippen molar-refractivity contribution in [1.29, 1.82) is 0 Å². The van der Waals surface area contributed by atoms with Gasteiger partial charge in [-0.15, -0.1) is 0 Å². The summed E-state index contributed by atoms with van der Waals surface area (Å²) in [5, 5.41) is 0. The van der Waals surface area contributed by atoms with Crippen LogP contribution in [0.5, 0.6) is 0 Å². The topological polar surface area (TPSA) is 30.7 Å². The van der Waals surface area contributed by atoms with Crippen LogP contribution in [0.25, 0.3) is 11.3 Å². The van der Waals surface area contributed by atoms with Gasteiger partial charge in [0.05, 0.1) is 18.1 Å². The first-order valence-electron chi connectivity index (χ1n) is 8.06. The molecule has 0 bridgehead atoms. The molecule has 0 spiro atoms. The second-order valence-corrected chi connectivity index (χ2v) is 5.80. The molecule has 4 rings (SSSR count). The molecule has 25 heavy (non-hydrogen) atoms. The van der Waals surface area contributed by atoms with Crippen molar-refractivity contribution in [2.45, 2.75) is 6.04 Å². The first-order valence-corrected chi connectivity index (χ1v) is 8.06. The third kappa shape index (κ3) is 3.19. The van der Waals surface area contributed by atoms with Crippen LogP contribution in [-0.4, -0.2) is 14.5 Å². The van der Waals surface area contributed by atoms with E-state index in [2.05, 4.69) is 38.8 Å². The molecule has 3 nitrogen and oxygen atoms in total. The highest BCUT2D eigenvalue weighted by Gasteiger charge is 2.16. The van der Waals surface area contributed by atoms with Crippen molar-refractivity contribution in [1.82, 2.24) is 14.5 Å². The standard InChI is InChI=1S/C21H16FN3/c22-20-12-11-18(13-23-20)19-14-25(15-24-19)21(16-7-3-1-4-8-16)17-9-5-2-6-10-17/h1-15,21H. The second-order valence-electron chi connectivity index (χ2n) is 5.80. The minimum atomic E-state index is -0.491. The van der Waals surface area contributed by atoms with E-state index in [0.29, 0.717) is 0 Å². The van der Waals surface area contributed by atoms with Gasteiger partial charge in [0.1, 0.15) is 0 Å². The van der Waals surface area contributed by atoms with E-state index in [0.717, 1.165) is 11.3 Å². The van der Waals surface area contributed by atoms with E-state index < -0.39 is 5.95 Å². The normalized spacial score (nSPS) is 11.0. The van der Waals surface area contributed by atoms with Gasteiger partial charge in [-0.2, -0.15) is 4.39 Å². The van der Waals surface area contributed by atoms with E-state index in [1.165, 1.54) is 23.4 Å². The van der Waals surface area contributed by atoms with Gasteiger partial charge in [-0.25, -0.2) is 9.97 Å². The van der Waals surface area contributed by atoms with Gasteiger partial charge in [-0.1, -0.05) is 60.7 Å². The predicted octanol–water partition coefficient (Wildman–Crippen LogP) is 4.72. The molecule has 0 N–H and O–H groups in total. The van der Waals surface area contributed by atoms with Crippen molar-refractivity contribution in [3.05, 3.63) is 109 Å². The maximum atomic E-state index is 13.0. The van der Waals surface area contributed by atoms with Gasteiger partial charge in [0.25, 0.3) is 0 Å². The number of rotatable bonds is 4. The number of hydrogen-bond acceptors (Lipinski definition) is 2.